The summed E-state index contributed by atoms with van der Waals surface area (Å²) in [5, 5.41) is 0.905. The Balaban J connectivity index is 2.95. The highest BCUT2D eigenvalue weighted by Crippen LogP contribution is 2.25. The molecule has 2 rings (SSSR count). The molecule has 3 nitrogen and oxygen atoms in total. The van der Waals surface area contributed by atoms with E-state index in [0.717, 1.165) is 0 Å². The van der Waals surface area contributed by atoms with Gasteiger partial charge in [0, 0.05) is 11.6 Å². The van der Waals surface area contributed by atoms with Crippen LogP contribution in [0.4, 0.5) is 4.39 Å². The van der Waals surface area contributed by atoms with Gasteiger partial charge in [0.25, 0.3) is 5.56 Å². The first-order valence-corrected chi connectivity index (χ1v) is 4.08. The molecule has 0 atom stereocenters. The zero-order chi connectivity index (χ0) is 10.1. The number of aromatic nitrogens is 1. The number of halogens is 1. The van der Waals surface area contributed by atoms with Crippen molar-refractivity contribution < 1.29 is 9.13 Å². The molecule has 4 heteroatoms. The number of pyridine rings is 1. The Hall–Kier alpha value is -1.84. The molecule has 0 amide bonds. The van der Waals surface area contributed by atoms with Crippen LogP contribution in [0.3, 0.4) is 0 Å². The Labute approximate surface area is 79.1 Å². The van der Waals surface area contributed by atoms with E-state index in [9.17, 15) is 9.18 Å². The van der Waals surface area contributed by atoms with Crippen LogP contribution < -0.4 is 10.3 Å². The highest BCUT2D eigenvalue weighted by atomic mass is 19.1. The minimum Gasteiger partial charge on any atom is -0.493 e. The molecule has 72 valence electrons. The zero-order valence-electron chi connectivity index (χ0n) is 7.50. The molecule has 0 spiro atoms. The SMILES string of the molecule is COc1c(F)ccc2c(=O)[nH]ccc12. The molecule has 1 aromatic heterocycles. The van der Waals surface area contributed by atoms with Crippen LogP contribution in [0.1, 0.15) is 0 Å². The Bertz CT molecular complexity index is 533. The summed E-state index contributed by atoms with van der Waals surface area (Å²) in [5.41, 5.74) is -0.249. The topological polar surface area (TPSA) is 42.1 Å². The smallest absolute Gasteiger partial charge is 0.255 e. The summed E-state index contributed by atoms with van der Waals surface area (Å²) in [7, 11) is 1.37. The number of hydrogen-bond acceptors (Lipinski definition) is 2. The molecule has 0 saturated carbocycles. The van der Waals surface area contributed by atoms with Crippen molar-refractivity contribution in [2.24, 2.45) is 0 Å². The molecule has 14 heavy (non-hydrogen) atoms. The minimum absolute atomic E-state index is 0.105. The molecule has 0 radical (unpaired) electrons. The van der Waals surface area contributed by atoms with Crippen LogP contribution in [-0.4, -0.2) is 12.1 Å². The Morgan fingerprint density at radius 3 is 2.79 bits per heavy atom. The number of benzene rings is 1. The average molecular weight is 193 g/mol. The first kappa shape index (κ1) is 8.74. The molecule has 0 aliphatic carbocycles. The summed E-state index contributed by atoms with van der Waals surface area (Å²) < 4.78 is 18.1. The number of hydrogen-bond donors (Lipinski definition) is 1. The first-order chi connectivity index (χ1) is 6.74. The van der Waals surface area contributed by atoms with Gasteiger partial charge in [-0.2, -0.15) is 0 Å². The van der Waals surface area contributed by atoms with Crippen LogP contribution >= 0.6 is 0 Å². The van der Waals surface area contributed by atoms with Crippen molar-refractivity contribution in [3.05, 3.63) is 40.6 Å². The largest absolute Gasteiger partial charge is 0.493 e. The second kappa shape index (κ2) is 3.14. The lowest BCUT2D eigenvalue weighted by Crippen LogP contribution is -2.05. The van der Waals surface area contributed by atoms with Crippen LogP contribution in [0.5, 0.6) is 5.75 Å². The van der Waals surface area contributed by atoms with E-state index in [2.05, 4.69) is 4.98 Å². The van der Waals surface area contributed by atoms with Gasteiger partial charge in [0.05, 0.1) is 12.5 Å². The lowest BCUT2D eigenvalue weighted by molar-refractivity contribution is 0.392. The fourth-order valence-electron chi connectivity index (χ4n) is 1.42. The number of nitrogens with one attached hydrogen (secondary N) is 1. The van der Waals surface area contributed by atoms with E-state index in [4.69, 9.17) is 4.74 Å². The molecule has 0 saturated heterocycles. The van der Waals surface area contributed by atoms with E-state index >= 15 is 0 Å². The van der Waals surface area contributed by atoms with Crippen molar-refractivity contribution in [3.63, 3.8) is 0 Å². The number of methoxy groups -OCH3 is 1. The maximum absolute atomic E-state index is 13.2. The number of rotatable bonds is 1. The third-order valence-corrected chi connectivity index (χ3v) is 2.06. The lowest BCUT2D eigenvalue weighted by Gasteiger charge is -2.04. The summed E-state index contributed by atoms with van der Waals surface area (Å²) in [6.45, 7) is 0. The van der Waals surface area contributed by atoms with Crippen LogP contribution in [0.25, 0.3) is 10.8 Å². The van der Waals surface area contributed by atoms with E-state index in [-0.39, 0.29) is 11.3 Å². The van der Waals surface area contributed by atoms with Crippen molar-refractivity contribution in [2.45, 2.75) is 0 Å². The molecule has 1 aromatic carbocycles. The summed E-state index contributed by atoms with van der Waals surface area (Å²) in [5.74, 6) is -0.362. The highest BCUT2D eigenvalue weighted by Gasteiger charge is 2.08. The molecule has 0 fully saturated rings. The standard InChI is InChI=1S/C10H8FNO2/c1-14-9-6-4-5-12-10(13)7(6)2-3-8(9)11/h2-5H,1H3,(H,12,13). The predicted octanol–water partition coefficient (Wildman–Crippen LogP) is 1.68. The summed E-state index contributed by atoms with van der Waals surface area (Å²) in [6.07, 6.45) is 1.46. The molecule has 0 unspecified atom stereocenters. The van der Waals surface area contributed by atoms with Gasteiger partial charge in [-0.3, -0.25) is 4.79 Å². The number of H-pyrrole nitrogens is 1. The van der Waals surface area contributed by atoms with Crippen molar-refractivity contribution in [2.75, 3.05) is 7.11 Å². The van der Waals surface area contributed by atoms with Gasteiger partial charge < -0.3 is 9.72 Å². The number of fused-ring (bicyclic) bond motifs is 1. The lowest BCUT2D eigenvalue weighted by atomic mass is 10.1. The zero-order valence-corrected chi connectivity index (χ0v) is 7.50. The van der Waals surface area contributed by atoms with Crippen molar-refractivity contribution in [1.82, 2.24) is 4.98 Å². The minimum atomic E-state index is -0.467. The monoisotopic (exact) mass is 193 g/mol. The second-order valence-electron chi connectivity index (χ2n) is 2.85. The molecule has 1 heterocycles. The Kier molecular flexibility index (Phi) is 1.96. The summed E-state index contributed by atoms with van der Waals surface area (Å²) in [4.78, 5) is 13.8. The van der Waals surface area contributed by atoms with Crippen LogP contribution in [0, 0.1) is 5.82 Å². The molecular formula is C10H8FNO2. The van der Waals surface area contributed by atoms with E-state index in [0.29, 0.717) is 10.8 Å². The van der Waals surface area contributed by atoms with E-state index < -0.39 is 5.82 Å². The quantitative estimate of drug-likeness (QED) is 0.748. The van der Waals surface area contributed by atoms with E-state index in [1.165, 1.54) is 25.4 Å². The van der Waals surface area contributed by atoms with Gasteiger partial charge in [0.1, 0.15) is 0 Å². The van der Waals surface area contributed by atoms with Gasteiger partial charge in [-0.05, 0) is 18.2 Å². The van der Waals surface area contributed by atoms with E-state index in [1.54, 1.807) is 6.07 Å². The van der Waals surface area contributed by atoms with Gasteiger partial charge in [0.2, 0.25) is 0 Å². The van der Waals surface area contributed by atoms with E-state index in [1.807, 2.05) is 0 Å². The summed E-state index contributed by atoms with van der Waals surface area (Å²) >= 11 is 0. The van der Waals surface area contributed by atoms with Crippen LogP contribution in [0.2, 0.25) is 0 Å². The molecule has 0 aliphatic rings. The molecular weight excluding hydrogens is 185 g/mol. The van der Waals surface area contributed by atoms with Crippen molar-refractivity contribution in [3.8, 4) is 5.75 Å². The third kappa shape index (κ3) is 1.16. The predicted molar refractivity (Wildman–Crippen MR) is 51.1 cm³/mol. The van der Waals surface area contributed by atoms with Crippen LogP contribution in [0.15, 0.2) is 29.2 Å². The fraction of sp³-hybridized carbons (Fsp3) is 0.100. The van der Waals surface area contributed by atoms with Gasteiger partial charge in [-0.15, -0.1) is 0 Å². The Morgan fingerprint density at radius 1 is 1.29 bits per heavy atom. The average Bonchev–Trinajstić information content (AvgIpc) is 2.18. The van der Waals surface area contributed by atoms with Crippen LogP contribution in [-0.2, 0) is 0 Å². The van der Waals surface area contributed by atoms with Gasteiger partial charge in [0.15, 0.2) is 11.6 Å². The normalized spacial score (nSPS) is 10.4. The first-order valence-electron chi connectivity index (χ1n) is 4.08. The van der Waals surface area contributed by atoms with Crippen molar-refractivity contribution in [1.29, 1.82) is 0 Å². The second-order valence-corrected chi connectivity index (χ2v) is 2.85. The summed E-state index contributed by atoms with van der Waals surface area (Å²) in [6, 6.07) is 4.26. The van der Waals surface area contributed by atoms with Gasteiger partial charge >= 0.3 is 0 Å². The van der Waals surface area contributed by atoms with Crippen molar-refractivity contribution >= 4 is 10.8 Å². The maximum atomic E-state index is 13.2. The molecule has 0 bridgehead atoms. The maximum Gasteiger partial charge on any atom is 0.255 e. The Morgan fingerprint density at radius 2 is 2.07 bits per heavy atom. The highest BCUT2D eigenvalue weighted by molar-refractivity contribution is 5.87. The van der Waals surface area contributed by atoms with Gasteiger partial charge in [-0.25, -0.2) is 4.39 Å². The number of aromatic amines is 1. The molecule has 1 N–H and O–H groups in total. The molecule has 2 aromatic rings. The molecule has 0 aliphatic heterocycles. The number of ether oxygens (including phenoxy) is 1. The van der Waals surface area contributed by atoms with Gasteiger partial charge in [-0.1, -0.05) is 0 Å². The fourth-order valence-corrected chi connectivity index (χ4v) is 1.42. The third-order valence-electron chi connectivity index (χ3n) is 2.06.